The topological polar surface area (TPSA) is 63.4 Å². The summed E-state index contributed by atoms with van der Waals surface area (Å²) in [5.41, 5.74) is 5.80. The summed E-state index contributed by atoms with van der Waals surface area (Å²) in [4.78, 5) is 24.9. The van der Waals surface area contributed by atoms with E-state index in [1.165, 1.54) is 4.90 Å². The number of amides is 2. The third-order valence-electron chi connectivity index (χ3n) is 3.52. The van der Waals surface area contributed by atoms with Gasteiger partial charge in [0, 0.05) is 24.4 Å². The summed E-state index contributed by atoms with van der Waals surface area (Å²) in [6.07, 6.45) is 4.00. The van der Waals surface area contributed by atoms with E-state index in [0.29, 0.717) is 6.42 Å². The fourth-order valence-electron chi connectivity index (χ4n) is 2.55. The van der Waals surface area contributed by atoms with Crippen molar-refractivity contribution in [1.29, 1.82) is 0 Å². The Hall–Kier alpha value is -0.900. The summed E-state index contributed by atoms with van der Waals surface area (Å²) in [5.74, 6) is -0.0958. The van der Waals surface area contributed by atoms with E-state index in [1.807, 2.05) is 6.92 Å². The highest BCUT2D eigenvalue weighted by atomic mass is 16.2. The summed E-state index contributed by atoms with van der Waals surface area (Å²) in [5, 5.41) is 0. The van der Waals surface area contributed by atoms with Crippen molar-refractivity contribution in [3.05, 3.63) is 0 Å². The van der Waals surface area contributed by atoms with Gasteiger partial charge in [-0.15, -0.1) is 0 Å². The molecule has 0 aromatic rings. The van der Waals surface area contributed by atoms with E-state index in [1.54, 1.807) is 0 Å². The molecule has 1 aliphatic heterocycles. The number of carbonyl (C=O) groups is 2. The van der Waals surface area contributed by atoms with Gasteiger partial charge in [-0.25, -0.2) is 0 Å². The molecule has 1 atom stereocenters. The predicted molar refractivity (Wildman–Crippen MR) is 55.9 cm³/mol. The predicted octanol–water partition coefficient (Wildman–Crippen LogP) is 0.651. The van der Waals surface area contributed by atoms with Crippen LogP contribution in [-0.4, -0.2) is 28.8 Å². The molecule has 4 nitrogen and oxygen atoms in total. The Kier molecular flexibility index (Phi) is 2.78. The highest BCUT2D eigenvalue weighted by molar-refractivity contribution is 6.03. The molecule has 0 spiro atoms. The summed E-state index contributed by atoms with van der Waals surface area (Å²) < 4.78 is 0. The van der Waals surface area contributed by atoms with Gasteiger partial charge in [0.15, 0.2) is 0 Å². The van der Waals surface area contributed by atoms with Crippen LogP contribution in [0.4, 0.5) is 0 Å². The number of hydrogen-bond donors (Lipinski definition) is 1. The SMILES string of the molecule is CC1CC(=O)N(C2CCC(N)CC2)C1=O. The first kappa shape index (κ1) is 10.6. The van der Waals surface area contributed by atoms with Crippen LogP contribution in [0.2, 0.25) is 0 Å². The number of nitrogens with zero attached hydrogens (tertiary/aromatic N) is 1. The minimum atomic E-state index is -0.118. The summed E-state index contributed by atoms with van der Waals surface area (Å²) in [6.45, 7) is 1.83. The largest absolute Gasteiger partial charge is 0.328 e. The van der Waals surface area contributed by atoms with Crippen molar-refractivity contribution >= 4 is 11.8 Å². The van der Waals surface area contributed by atoms with Gasteiger partial charge in [-0.1, -0.05) is 6.92 Å². The fraction of sp³-hybridized carbons (Fsp3) is 0.818. The third kappa shape index (κ3) is 1.91. The van der Waals surface area contributed by atoms with E-state index in [0.717, 1.165) is 25.7 Å². The van der Waals surface area contributed by atoms with Crippen LogP contribution in [-0.2, 0) is 9.59 Å². The van der Waals surface area contributed by atoms with Crippen molar-refractivity contribution in [2.75, 3.05) is 0 Å². The zero-order chi connectivity index (χ0) is 11.0. The monoisotopic (exact) mass is 210 g/mol. The van der Waals surface area contributed by atoms with Crippen LogP contribution in [0.25, 0.3) is 0 Å². The molecule has 1 saturated carbocycles. The van der Waals surface area contributed by atoms with Crippen LogP contribution in [0.5, 0.6) is 0 Å². The second kappa shape index (κ2) is 3.93. The van der Waals surface area contributed by atoms with E-state index < -0.39 is 0 Å². The molecule has 1 heterocycles. The number of nitrogens with two attached hydrogens (primary N) is 1. The number of hydrogen-bond acceptors (Lipinski definition) is 3. The molecule has 2 N–H and O–H groups in total. The molecule has 2 aliphatic rings. The van der Waals surface area contributed by atoms with E-state index in [-0.39, 0.29) is 29.8 Å². The van der Waals surface area contributed by atoms with E-state index in [9.17, 15) is 9.59 Å². The van der Waals surface area contributed by atoms with Gasteiger partial charge in [0.25, 0.3) is 0 Å². The molecule has 2 amide bonds. The quantitative estimate of drug-likeness (QED) is 0.646. The third-order valence-corrected chi connectivity index (χ3v) is 3.52. The Balaban J connectivity index is 2.04. The minimum absolute atomic E-state index is 0.00738. The smallest absolute Gasteiger partial charge is 0.232 e. The molecule has 1 unspecified atom stereocenters. The molecular weight excluding hydrogens is 192 g/mol. The van der Waals surface area contributed by atoms with E-state index in [2.05, 4.69) is 0 Å². The molecular formula is C11H18N2O2. The fourth-order valence-corrected chi connectivity index (χ4v) is 2.55. The van der Waals surface area contributed by atoms with Crippen LogP contribution in [0.3, 0.4) is 0 Å². The Bertz CT molecular complexity index is 282. The van der Waals surface area contributed by atoms with Gasteiger partial charge < -0.3 is 5.73 Å². The number of rotatable bonds is 1. The number of likely N-dealkylation sites (tertiary alicyclic amines) is 1. The number of carbonyl (C=O) groups excluding carboxylic acids is 2. The normalized spacial score (nSPS) is 37.5. The lowest BCUT2D eigenvalue weighted by Gasteiger charge is -2.32. The molecule has 2 rings (SSSR count). The summed E-state index contributed by atoms with van der Waals surface area (Å²) >= 11 is 0. The molecule has 2 fully saturated rings. The van der Waals surface area contributed by atoms with Crippen LogP contribution < -0.4 is 5.73 Å². The first-order valence-electron chi connectivity index (χ1n) is 5.71. The lowest BCUT2D eigenvalue weighted by atomic mass is 9.91. The van der Waals surface area contributed by atoms with Crippen molar-refractivity contribution in [2.45, 2.75) is 51.1 Å². The molecule has 0 aromatic heterocycles. The summed E-state index contributed by atoms with van der Waals surface area (Å²) in [7, 11) is 0. The zero-order valence-electron chi connectivity index (χ0n) is 9.11. The molecule has 4 heteroatoms. The van der Waals surface area contributed by atoms with Gasteiger partial charge >= 0.3 is 0 Å². The van der Waals surface area contributed by atoms with Crippen LogP contribution in [0.1, 0.15) is 39.0 Å². The van der Waals surface area contributed by atoms with Crippen molar-refractivity contribution < 1.29 is 9.59 Å². The Morgan fingerprint density at radius 1 is 1.20 bits per heavy atom. The molecule has 1 aliphatic carbocycles. The maximum absolute atomic E-state index is 11.8. The lowest BCUT2D eigenvalue weighted by molar-refractivity contribution is -0.142. The van der Waals surface area contributed by atoms with Gasteiger partial charge in [0.2, 0.25) is 11.8 Å². The van der Waals surface area contributed by atoms with Crippen LogP contribution in [0, 0.1) is 5.92 Å². The minimum Gasteiger partial charge on any atom is -0.328 e. The highest BCUT2D eigenvalue weighted by Gasteiger charge is 2.40. The van der Waals surface area contributed by atoms with E-state index >= 15 is 0 Å². The first-order chi connectivity index (χ1) is 7.09. The van der Waals surface area contributed by atoms with Gasteiger partial charge in [0.05, 0.1) is 0 Å². The average molecular weight is 210 g/mol. The van der Waals surface area contributed by atoms with E-state index in [4.69, 9.17) is 5.73 Å². The molecule has 0 radical (unpaired) electrons. The van der Waals surface area contributed by atoms with Gasteiger partial charge in [-0.2, -0.15) is 0 Å². The van der Waals surface area contributed by atoms with Gasteiger partial charge in [-0.3, -0.25) is 14.5 Å². The lowest BCUT2D eigenvalue weighted by Crippen LogP contribution is -2.44. The Morgan fingerprint density at radius 2 is 1.80 bits per heavy atom. The van der Waals surface area contributed by atoms with Crippen molar-refractivity contribution in [1.82, 2.24) is 4.90 Å². The first-order valence-corrected chi connectivity index (χ1v) is 5.71. The summed E-state index contributed by atoms with van der Waals surface area (Å²) in [6, 6.07) is 0.376. The molecule has 1 saturated heterocycles. The second-order valence-corrected chi connectivity index (χ2v) is 4.78. The molecule has 0 bridgehead atoms. The Labute approximate surface area is 89.8 Å². The highest BCUT2D eigenvalue weighted by Crippen LogP contribution is 2.28. The zero-order valence-corrected chi connectivity index (χ0v) is 9.11. The van der Waals surface area contributed by atoms with Crippen molar-refractivity contribution in [3.63, 3.8) is 0 Å². The average Bonchev–Trinajstić information content (AvgIpc) is 2.44. The molecule has 15 heavy (non-hydrogen) atoms. The Morgan fingerprint density at radius 3 is 2.27 bits per heavy atom. The maximum Gasteiger partial charge on any atom is 0.232 e. The number of imide groups is 1. The van der Waals surface area contributed by atoms with Crippen LogP contribution in [0.15, 0.2) is 0 Å². The van der Waals surface area contributed by atoms with Crippen LogP contribution >= 0.6 is 0 Å². The molecule has 0 aromatic carbocycles. The molecule has 84 valence electrons. The second-order valence-electron chi connectivity index (χ2n) is 4.78. The maximum atomic E-state index is 11.8. The van der Waals surface area contributed by atoms with Crippen molar-refractivity contribution in [2.24, 2.45) is 11.7 Å². The van der Waals surface area contributed by atoms with Gasteiger partial charge in [-0.05, 0) is 25.7 Å². The standard InChI is InChI=1S/C11H18N2O2/c1-7-6-10(14)13(11(7)15)9-4-2-8(12)3-5-9/h7-9H,2-6,12H2,1H3. The van der Waals surface area contributed by atoms with Gasteiger partial charge in [0.1, 0.15) is 0 Å². The van der Waals surface area contributed by atoms with Crippen molar-refractivity contribution in [3.8, 4) is 0 Å².